The van der Waals surface area contributed by atoms with Crippen LogP contribution < -0.4 is 10.1 Å². The normalized spacial score (nSPS) is 21.8. The lowest BCUT2D eigenvalue weighted by atomic mass is 10.3. The molecule has 1 N–H and O–H groups in total. The molecule has 1 aliphatic heterocycles. The molecule has 0 amide bonds. The number of ether oxygens (including phenoxy) is 1. The molecule has 14 heavy (non-hydrogen) atoms. The van der Waals surface area contributed by atoms with Crippen molar-refractivity contribution in [3.63, 3.8) is 0 Å². The summed E-state index contributed by atoms with van der Waals surface area (Å²) in [6.45, 7) is 6.22. The Kier molecular flexibility index (Phi) is 2.72. The van der Waals surface area contributed by atoms with Crippen LogP contribution in [0, 0.1) is 0 Å². The number of hydrogen-bond acceptors (Lipinski definition) is 3. The highest BCUT2D eigenvalue weighted by molar-refractivity contribution is 5.12. The van der Waals surface area contributed by atoms with Gasteiger partial charge in [-0.1, -0.05) is 0 Å². The predicted molar refractivity (Wildman–Crippen MR) is 54.5 cm³/mol. The molecule has 78 valence electrons. The second-order valence-electron chi connectivity index (χ2n) is 3.98. The van der Waals surface area contributed by atoms with Crippen LogP contribution in [0.4, 0.5) is 0 Å². The topological polar surface area (TPSA) is 39.1 Å². The third-order valence-corrected chi connectivity index (χ3v) is 2.42. The van der Waals surface area contributed by atoms with E-state index in [0.29, 0.717) is 12.1 Å². The summed E-state index contributed by atoms with van der Waals surface area (Å²) in [6.07, 6.45) is 5.16. The number of aromatic nitrogens is 2. The van der Waals surface area contributed by atoms with Gasteiger partial charge in [-0.3, -0.25) is 4.68 Å². The molecule has 1 atom stereocenters. The Morgan fingerprint density at radius 2 is 2.50 bits per heavy atom. The molecule has 0 radical (unpaired) electrons. The zero-order chi connectivity index (χ0) is 9.97. The van der Waals surface area contributed by atoms with Gasteiger partial charge in [-0.15, -0.1) is 0 Å². The van der Waals surface area contributed by atoms with Crippen molar-refractivity contribution in [2.24, 2.45) is 0 Å². The van der Waals surface area contributed by atoms with Crippen molar-refractivity contribution < 1.29 is 4.74 Å². The Bertz CT molecular complexity index is 289. The smallest absolute Gasteiger partial charge is 0.157 e. The Morgan fingerprint density at radius 3 is 3.07 bits per heavy atom. The summed E-state index contributed by atoms with van der Waals surface area (Å²) in [5.74, 6) is 0.882. The fourth-order valence-electron chi connectivity index (χ4n) is 1.59. The van der Waals surface area contributed by atoms with E-state index in [-0.39, 0.29) is 0 Å². The lowest BCUT2D eigenvalue weighted by Gasteiger charge is -2.09. The molecule has 1 aromatic heterocycles. The van der Waals surface area contributed by atoms with Crippen LogP contribution >= 0.6 is 0 Å². The second kappa shape index (κ2) is 4.00. The second-order valence-corrected chi connectivity index (χ2v) is 3.98. The predicted octanol–water partition coefficient (Wildman–Crippen LogP) is 1.20. The maximum absolute atomic E-state index is 5.76. The molecule has 0 bridgehead atoms. The zero-order valence-electron chi connectivity index (χ0n) is 8.73. The van der Waals surface area contributed by atoms with Gasteiger partial charge < -0.3 is 10.1 Å². The van der Waals surface area contributed by atoms with E-state index in [2.05, 4.69) is 24.3 Å². The van der Waals surface area contributed by atoms with Gasteiger partial charge >= 0.3 is 0 Å². The molecule has 0 aromatic carbocycles. The van der Waals surface area contributed by atoms with E-state index < -0.39 is 0 Å². The minimum Gasteiger partial charge on any atom is -0.486 e. The van der Waals surface area contributed by atoms with Gasteiger partial charge in [-0.05, 0) is 26.8 Å². The monoisotopic (exact) mass is 195 g/mol. The van der Waals surface area contributed by atoms with Crippen molar-refractivity contribution in [3.8, 4) is 5.75 Å². The van der Waals surface area contributed by atoms with Crippen LogP contribution in [-0.4, -0.2) is 29.0 Å². The zero-order valence-corrected chi connectivity index (χ0v) is 8.73. The SMILES string of the molecule is CC(C)n1cc(OC2CCNC2)cn1. The van der Waals surface area contributed by atoms with E-state index in [1.807, 2.05) is 10.9 Å². The summed E-state index contributed by atoms with van der Waals surface area (Å²) < 4.78 is 7.67. The molecule has 2 rings (SSSR count). The third kappa shape index (κ3) is 2.07. The summed E-state index contributed by atoms with van der Waals surface area (Å²) in [7, 11) is 0. The van der Waals surface area contributed by atoms with Gasteiger partial charge in [-0.25, -0.2) is 0 Å². The van der Waals surface area contributed by atoms with Crippen LogP contribution in [0.5, 0.6) is 5.75 Å². The van der Waals surface area contributed by atoms with E-state index in [1.54, 1.807) is 6.20 Å². The van der Waals surface area contributed by atoms with Crippen molar-refractivity contribution in [1.29, 1.82) is 0 Å². The van der Waals surface area contributed by atoms with Crippen molar-refractivity contribution in [3.05, 3.63) is 12.4 Å². The molecule has 1 unspecified atom stereocenters. The molecule has 1 fully saturated rings. The summed E-state index contributed by atoms with van der Waals surface area (Å²) in [6, 6.07) is 0.397. The van der Waals surface area contributed by atoms with Gasteiger partial charge in [0.2, 0.25) is 0 Å². The first kappa shape index (κ1) is 9.52. The number of nitrogens with zero attached hydrogens (tertiary/aromatic N) is 2. The van der Waals surface area contributed by atoms with Crippen LogP contribution in [0.2, 0.25) is 0 Å². The highest BCUT2D eigenvalue weighted by Crippen LogP contribution is 2.15. The highest BCUT2D eigenvalue weighted by atomic mass is 16.5. The molecule has 0 spiro atoms. The number of nitrogens with one attached hydrogen (secondary N) is 1. The molecule has 1 aliphatic rings. The molecule has 0 saturated carbocycles. The minimum atomic E-state index is 0.319. The van der Waals surface area contributed by atoms with Gasteiger partial charge in [0, 0.05) is 12.6 Å². The van der Waals surface area contributed by atoms with E-state index in [9.17, 15) is 0 Å². The van der Waals surface area contributed by atoms with Crippen molar-refractivity contribution in [2.75, 3.05) is 13.1 Å². The van der Waals surface area contributed by atoms with Gasteiger partial charge in [-0.2, -0.15) is 5.10 Å². The summed E-state index contributed by atoms with van der Waals surface area (Å²) in [5, 5.41) is 7.50. The standard InChI is InChI=1S/C10H17N3O/c1-8(2)13-7-10(6-12-13)14-9-3-4-11-5-9/h6-9,11H,3-5H2,1-2H3. The molecule has 1 aromatic rings. The van der Waals surface area contributed by atoms with Crippen LogP contribution in [-0.2, 0) is 0 Å². The fraction of sp³-hybridized carbons (Fsp3) is 0.700. The molecule has 4 heteroatoms. The first-order valence-corrected chi connectivity index (χ1v) is 5.17. The van der Waals surface area contributed by atoms with E-state index in [1.165, 1.54) is 0 Å². The largest absolute Gasteiger partial charge is 0.486 e. The molecular formula is C10H17N3O. The first-order valence-electron chi connectivity index (χ1n) is 5.17. The Labute approximate surface area is 84.3 Å². The molecule has 1 saturated heterocycles. The average molecular weight is 195 g/mol. The lowest BCUT2D eigenvalue weighted by molar-refractivity contribution is 0.222. The Balaban J connectivity index is 1.95. The number of hydrogen-bond donors (Lipinski definition) is 1. The Hall–Kier alpha value is -1.03. The van der Waals surface area contributed by atoms with Gasteiger partial charge in [0.1, 0.15) is 6.10 Å². The maximum Gasteiger partial charge on any atom is 0.157 e. The molecule has 0 aliphatic carbocycles. The van der Waals surface area contributed by atoms with Crippen LogP contribution in [0.3, 0.4) is 0 Å². The lowest BCUT2D eigenvalue weighted by Crippen LogP contribution is -2.19. The minimum absolute atomic E-state index is 0.319. The van der Waals surface area contributed by atoms with E-state index >= 15 is 0 Å². The van der Waals surface area contributed by atoms with Crippen LogP contribution in [0.1, 0.15) is 26.3 Å². The van der Waals surface area contributed by atoms with Crippen molar-refractivity contribution >= 4 is 0 Å². The molecule has 2 heterocycles. The number of rotatable bonds is 3. The van der Waals surface area contributed by atoms with Crippen LogP contribution in [0.25, 0.3) is 0 Å². The van der Waals surface area contributed by atoms with Gasteiger partial charge in [0.25, 0.3) is 0 Å². The maximum atomic E-state index is 5.76. The van der Waals surface area contributed by atoms with Crippen molar-refractivity contribution in [1.82, 2.24) is 15.1 Å². The van der Waals surface area contributed by atoms with Gasteiger partial charge in [0.05, 0.1) is 12.4 Å². The van der Waals surface area contributed by atoms with Crippen molar-refractivity contribution in [2.45, 2.75) is 32.4 Å². The van der Waals surface area contributed by atoms with E-state index in [0.717, 1.165) is 25.3 Å². The summed E-state index contributed by atoms with van der Waals surface area (Å²) >= 11 is 0. The molecular weight excluding hydrogens is 178 g/mol. The first-order chi connectivity index (χ1) is 6.75. The summed E-state index contributed by atoms with van der Waals surface area (Å²) in [4.78, 5) is 0. The van der Waals surface area contributed by atoms with Gasteiger partial charge in [0.15, 0.2) is 5.75 Å². The van der Waals surface area contributed by atoms with E-state index in [4.69, 9.17) is 4.74 Å². The molecule has 4 nitrogen and oxygen atoms in total. The Morgan fingerprint density at radius 1 is 1.64 bits per heavy atom. The third-order valence-electron chi connectivity index (χ3n) is 2.42. The summed E-state index contributed by atoms with van der Waals surface area (Å²) in [5.41, 5.74) is 0. The quantitative estimate of drug-likeness (QED) is 0.787. The van der Waals surface area contributed by atoms with Crippen LogP contribution in [0.15, 0.2) is 12.4 Å². The highest BCUT2D eigenvalue weighted by Gasteiger charge is 2.16. The fourth-order valence-corrected chi connectivity index (χ4v) is 1.59. The average Bonchev–Trinajstić information content (AvgIpc) is 2.75.